The normalized spacial score (nSPS) is 16.5. The first kappa shape index (κ1) is 19.5. The molecule has 6 nitrogen and oxygen atoms in total. The molecular formula is C21H21FN2O4. The average Bonchev–Trinajstić information content (AvgIpc) is 2.70. The van der Waals surface area contributed by atoms with E-state index in [4.69, 9.17) is 5.11 Å². The van der Waals surface area contributed by atoms with Crippen molar-refractivity contribution in [2.75, 3.05) is 18.4 Å². The van der Waals surface area contributed by atoms with E-state index in [0.29, 0.717) is 31.5 Å². The minimum Gasteiger partial charge on any atom is -0.481 e. The van der Waals surface area contributed by atoms with Crippen LogP contribution in [0.15, 0.2) is 48.5 Å². The van der Waals surface area contributed by atoms with Crippen LogP contribution in [0.2, 0.25) is 0 Å². The van der Waals surface area contributed by atoms with Crippen molar-refractivity contribution in [2.24, 2.45) is 5.92 Å². The smallest absolute Gasteiger partial charge is 0.307 e. The van der Waals surface area contributed by atoms with Crippen LogP contribution >= 0.6 is 0 Å². The van der Waals surface area contributed by atoms with E-state index in [1.54, 1.807) is 29.2 Å². The maximum atomic E-state index is 14.0. The Balaban J connectivity index is 1.63. The van der Waals surface area contributed by atoms with Gasteiger partial charge in [-0.05, 0) is 42.7 Å². The fourth-order valence-corrected chi connectivity index (χ4v) is 3.31. The fourth-order valence-electron chi connectivity index (χ4n) is 3.31. The fraction of sp³-hybridized carbons (Fsp3) is 0.286. The molecule has 0 aromatic heterocycles. The van der Waals surface area contributed by atoms with Crippen molar-refractivity contribution in [3.63, 3.8) is 0 Å². The summed E-state index contributed by atoms with van der Waals surface area (Å²) in [6, 6.07) is 12.9. The van der Waals surface area contributed by atoms with Gasteiger partial charge in [0.05, 0.1) is 12.3 Å². The number of hydrogen-bond donors (Lipinski definition) is 2. The third-order valence-electron chi connectivity index (χ3n) is 4.76. The van der Waals surface area contributed by atoms with Crippen LogP contribution in [0.3, 0.4) is 0 Å². The monoisotopic (exact) mass is 384 g/mol. The van der Waals surface area contributed by atoms with Crippen LogP contribution in [0, 0.1) is 11.7 Å². The van der Waals surface area contributed by atoms with Crippen LogP contribution in [0.4, 0.5) is 10.1 Å². The molecule has 0 saturated carbocycles. The number of amides is 2. The summed E-state index contributed by atoms with van der Waals surface area (Å²) in [7, 11) is 0. The van der Waals surface area contributed by atoms with E-state index in [9.17, 15) is 18.8 Å². The zero-order chi connectivity index (χ0) is 20.1. The van der Waals surface area contributed by atoms with Gasteiger partial charge in [0.15, 0.2) is 0 Å². The molecular weight excluding hydrogens is 363 g/mol. The summed E-state index contributed by atoms with van der Waals surface area (Å²) >= 11 is 0. The second-order valence-corrected chi connectivity index (χ2v) is 6.82. The van der Waals surface area contributed by atoms with E-state index in [2.05, 4.69) is 5.32 Å². The molecule has 0 aliphatic carbocycles. The Kier molecular flexibility index (Phi) is 6.03. The first-order chi connectivity index (χ1) is 13.4. The Bertz CT molecular complexity index is 885. The number of piperidine rings is 1. The predicted octanol–water partition coefficient (Wildman–Crippen LogP) is 2.94. The number of carbonyl (C=O) groups is 3. The molecule has 2 aromatic carbocycles. The molecule has 0 radical (unpaired) electrons. The SMILES string of the molecule is O=C(O)Cc1ccc(NC(=O)C2CCCN(C(=O)c3ccccc3)C2)cc1F. The molecule has 0 spiro atoms. The maximum absolute atomic E-state index is 14.0. The number of hydrogen-bond acceptors (Lipinski definition) is 3. The number of carbonyl (C=O) groups excluding carboxylic acids is 2. The molecule has 1 atom stereocenters. The molecule has 2 aromatic rings. The highest BCUT2D eigenvalue weighted by Gasteiger charge is 2.29. The summed E-state index contributed by atoms with van der Waals surface area (Å²) < 4.78 is 14.0. The highest BCUT2D eigenvalue weighted by atomic mass is 19.1. The van der Waals surface area contributed by atoms with Gasteiger partial charge in [-0.3, -0.25) is 14.4 Å². The van der Waals surface area contributed by atoms with Gasteiger partial charge in [0.2, 0.25) is 5.91 Å². The first-order valence-electron chi connectivity index (χ1n) is 9.09. The number of likely N-dealkylation sites (tertiary alicyclic amines) is 1. The third-order valence-corrected chi connectivity index (χ3v) is 4.76. The summed E-state index contributed by atoms with van der Waals surface area (Å²) in [5.41, 5.74) is 0.908. The van der Waals surface area contributed by atoms with E-state index in [0.717, 1.165) is 6.07 Å². The van der Waals surface area contributed by atoms with E-state index in [1.807, 2.05) is 6.07 Å². The van der Waals surface area contributed by atoms with Crippen molar-refractivity contribution in [2.45, 2.75) is 19.3 Å². The maximum Gasteiger partial charge on any atom is 0.307 e. The molecule has 1 heterocycles. The van der Waals surface area contributed by atoms with Crippen molar-refractivity contribution >= 4 is 23.5 Å². The first-order valence-corrected chi connectivity index (χ1v) is 9.09. The van der Waals surface area contributed by atoms with Crippen molar-refractivity contribution in [1.29, 1.82) is 0 Å². The second-order valence-electron chi connectivity index (χ2n) is 6.82. The number of benzene rings is 2. The van der Waals surface area contributed by atoms with Crippen LogP contribution in [-0.4, -0.2) is 40.9 Å². The lowest BCUT2D eigenvalue weighted by Crippen LogP contribution is -2.43. The van der Waals surface area contributed by atoms with Crippen molar-refractivity contribution in [3.05, 3.63) is 65.5 Å². The Morgan fingerprint density at radius 2 is 1.89 bits per heavy atom. The van der Waals surface area contributed by atoms with E-state index in [1.165, 1.54) is 12.1 Å². The molecule has 1 unspecified atom stereocenters. The Morgan fingerprint density at radius 3 is 2.57 bits per heavy atom. The van der Waals surface area contributed by atoms with Crippen LogP contribution in [-0.2, 0) is 16.0 Å². The van der Waals surface area contributed by atoms with E-state index >= 15 is 0 Å². The van der Waals surface area contributed by atoms with Gasteiger partial charge in [0.25, 0.3) is 5.91 Å². The molecule has 146 valence electrons. The van der Waals surface area contributed by atoms with Crippen molar-refractivity contribution in [3.8, 4) is 0 Å². The summed E-state index contributed by atoms with van der Waals surface area (Å²) in [6.45, 7) is 0.898. The summed E-state index contributed by atoms with van der Waals surface area (Å²) in [4.78, 5) is 37.5. The van der Waals surface area contributed by atoms with E-state index < -0.39 is 18.2 Å². The molecule has 2 amide bonds. The molecule has 7 heteroatoms. The zero-order valence-electron chi connectivity index (χ0n) is 15.2. The number of halogens is 1. The van der Waals surface area contributed by atoms with Gasteiger partial charge in [-0.25, -0.2) is 4.39 Å². The molecule has 3 rings (SSSR count). The number of carboxylic acids is 1. The number of anilines is 1. The predicted molar refractivity (Wildman–Crippen MR) is 101 cm³/mol. The molecule has 1 fully saturated rings. The Labute approximate surface area is 162 Å². The molecule has 1 aliphatic heterocycles. The summed E-state index contributed by atoms with van der Waals surface area (Å²) in [5.74, 6) is -2.58. The van der Waals surface area contributed by atoms with Gasteiger partial charge in [-0.1, -0.05) is 24.3 Å². The van der Waals surface area contributed by atoms with Gasteiger partial charge in [-0.15, -0.1) is 0 Å². The highest BCUT2D eigenvalue weighted by molar-refractivity contribution is 5.96. The lowest BCUT2D eigenvalue weighted by molar-refractivity contribution is -0.136. The van der Waals surface area contributed by atoms with Crippen LogP contribution in [0.5, 0.6) is 0 Å². The second kappa shape index (κ2) is 8.65. The topological polar surface area (TPSA) is 86.7 Å². The minimum atomic E-state index is -1.12. The van der Waals surface area contributed by atoms with Crippen LogP contribution in [0.1, 0.15) is 28.8 Å². The van der Waals surface area contributed by atoms with Crippen LogP contribution in [0.25, 0.3) is 0 Å². The number of nitrogens with one attached hydrogen (secondary N) is 1. The van der Waals surface area contributed by atoms with E-state index in [-0.39, 0.29) is 29.0 Å². The largest absolute Gasteiger partial charge is 0.481 e. The van der Waals surface area contributed by atoms with Crippen LogP contribution < -0.4 is 5.32 Å². The number of nitrogens with zero attached hydrogens (tertiary/aromatic N) is 1. The number of rotatable bonds is 5. The average molecular weight is 384 g/mol. The lowest BCUT2D eigenvalue weighted by Gasteiger charge is -2.32. The van der Waals surface area contributed by atoms with Gasteiger partial charge < -0.3 is 15.3 Å². The zero-order valence-corrected chi connectivity index (χ0v) is 15.2. The molecule has 2 N–H and O–H groups in total. The lowest BCUT2D eigenvalue weighted by atomic mass is 9.96. The summed E-state index contributed by atoms with van der Waals surface area (Å²) in [5, 5.41) is 11.4. The number of aliphatic carboxylic acids is 1. The standard InChI is InChI=1S/C21H21FN2O4/c22-18-12-17(9-8-15(18)11-19(25)26)23-20(27)16-7-4-10-24(13-16)21(28)14-5-2-1-3-6-14/h1-3,5-6,8-9,12,16H,4,7,10-11,13H2,(H,23,27)(H,25,26). The Morgan fingerprint density at radius 1 is 1.14 bits per heavy atom. The molecule has 28 heavy (non-hydrogen) atoms. The van der Waals surface area contributed by atoms with Crippen molar-refractivity contribution in [1.82, 2.24) is 4.90 Å². The number of carboxylic acid groups (broad SMARTS) is 1. The van der Waals surface area contributed by atoms with Crippen molar-refractivity contribution < 1.29 is 23.9 Å². The highest BCUT2D eigenvalue weighted by Crippen LogP contribution is 2.22. The van der Waals surface area contributed by atoms with Gasteiger partial charge in [-0.2, -0.15) is 0 Å². The quantitative estimate of drug-likeness (QED) is 0.830. The molecule has 1 saturated heterocycles. The molecule has 1 aliphatic rings. The van der Waals surface area contributed by atoms with Gasteiger partial charge >= 0.3 is 5.97 Å². The molecule has 0 bridgehead atoms. The minimum absolute atomic E-state index is 0.0581. The van der Waals surface area contributed by atoms with Gasteiger partial charge in [0.1, 0.15) is 5.82 Å². The third kappa shape index (κ3) is 4.73. The Hall–Kier alpha value is -3.22. The van der Waals surface area contributed by atoms with Gasteiger partial charge in [0, 0.05) is 24.3 Å². The summed E-state index contributed by atoms with van der Waals surface area (Å²) in [6.07, 6.45) is 0.936.